The summed E-state index contributed by atoms with van der Waals surface area (Å²) in [5.74, 6) is 0.305. The van der Waals surface area contributed by atoms with Gasteiger partial charge in [0.15, 0.2) is 0 Å². The molecule has 3 N–H and O–H groups in total. The van der Waals surface area contributed by atoms with Gasteiger partial charge in [0.2, 0.25) is 10.0 Å². The van der Waals surface area contributed by atoms with Crippen molar-refractivity contribution in [1.82, 2.24) is 4.72 Å². The van der Waals surface area contributed by atoms with Crippen LogP contribution in [0.15, 0.2) is 17.0 Å². The van der Waals surface area contributed by atoms with E-state index in [1.165, 1.54) is 12.5 Å². The highest BCUT2D eigenvalue weighted by Crippen LogP contribution is 2.29. The molecule has 2 unspecified atom stereocenters. The predicted octanol–water partition coefficient (Wildman–Crippen LogP) is 2.82. The lowest BCUT2D eigenvalue weighted by Crippen LogP contribution is -2.33. The van der Waals surface area contributed by atoms with Gasteiger partial charge in [-0.05, 0) is 42.9 Å². The first kappa shape index (κ1) is 16.2. The van der Waals surface area contributed by atoms with Crippen LogP contribution in [0.2, 0.25) is 0 Å². The monoisotopic (exact) mass is 314 g/mol. The van der Waals surface area contributed by atoms with Crippen molar-refractivity contribution < 1.29 is 12.8 Å². The van der Waals surface area contributed by atoms with Crippen LogP contribution in [0.3, 0.4) is 0 Å². The van der Waals surface area contributed by atoms with Crippen molar-refractivity contribution in [2.75, 3.05) is 12.3 Å². The molecule has 6 heteroatoms. The fraction of sp³-hybridized carbons (Fsp3) is 0.600. The number of nitrogens with one attached hydrogen (secondary N) is 1. The Bertz CT molecular complexity index is 616. The summed E-state index contributed by atoms with van der Waals surface area (Å²) in [6.07, 6.45) is 4.57. The Balaban J connectivity index is 2.13. The minimum absolute atomic E-state index is 0.0601. The van der Waals surface area contributed by atoms with Crippen molar-refractivity contribution in [3.8, 4) is 0 Å². The van der Waals surface area contributed by atoms with Gasteiger partial charge < -0.3 is 5.73 Å². The molecule has 1 aliphatic carbocycles. The highest BCUT2D eigenvalue weighted by Gasteiger charge is 2.25. The molecule has 0 bridgehead atoms. The van der Waals surface area contributed by atoms with Gasteiger partial charge in [-0.3, -0.25) is 0 Å². The smallest absolute Gasteiger partial charge is 0.240 e. The highest BCUT2D eigenvalue weighted by atomic mass is 32.2. The topological polar surface area (TPSA) is 72.2 Å². The number of aryl methyl sites for hydroxylation is 1. The number of benzene rings is 1. The van der Waals surface area contributed by atoms with E-state index >= 15 is 0 Å². The van der Waals surface area contributed by atoms with Gasteiger partial charge in [0, 0.05) is 6.54 Å². The maximum atomic E-state index is 13.3. The maximum absolute atomic E-state index is 13.3. The van der Waals surface area contributed by atoms with Gasteiger partial charge in [0.1, 0.15) is 5.82 Å². The van der Waals surface area contributed by atoms with E-state index in [-0.39, 0.29) is 10.6 Å². The first-order valence-electron chi connectivity index (χ1n) is 7.36. The summed E-state index contributed by atoms with van der Waals surface area (Å²) in [5, 5.41) is 0. The standard InChI is InChI=1S/C15H23FN2O2S/c1-10-5-3-4-6-12(10)9-18-21(19,20)15-8-14(17)13(16)7-11(15)2/h7-8,10,12,18H,3-6,9,17H2,1-2H3. The summed E-state index contributed by atoms with van der Waals surface area (Å²) in [7, 11) is -3.65. The predicted molar refractivity (Wildman–Crippen MR) is 81.9 cm³/mol. The first-order chi connectivity index (χ1) is 9.81. The quantitative estimate of drug-likeness (QED) is 0.839. The summed E-state index contributed by atoms with van der Waals surface area (Å²) in [5.41, 5.74) is 5.70. The third-order valence-electron chi connectivity index (χ3n) is 4.41. The van der Waals surface area contributed by atoms with Gasteiger partial charge in [-0.2, -0.15) is 0 Å². The molecule has 1 aromatic rings. The second-order valence-corrected chi connectivity index (χ2v) is 7.75. The summed E-state index contributed by atoms with van der Waals surface area (Å²) >= 11 is 0. The third kappa shape index (κ3) is 3.74. The lowest BCUT2D eigenvalue weighted by atomic mass is 9.81. The Hall–Kier alpha value is -1.14. The number of sulfonamides is 1. The summed E-state index contributed by atoms with van der Waals surface area (Å²) in [6, 6.07) is 2.35. The van der Waals surface area contributed by atoms with Crippen molar-refractivity contribution in [3.63, 3.8) is 0 Å². The van der Waals surface area contributed by atoms with Gasteiger partial charge in [-0.15, -0.1) is 0 Å². The molecule has 1 fully saturated rings. The number of nitrogens with two attached hydrogens (primary N) is 1. The Labute approximate surface area is 126 Å². The Kier molecular flexibility index (Phi) is 4.88. The van der Waals surface area contributed by atoms with Crippen LogP contribution >= 0.6 is 0 Å². The van der Waals surface area contributed by atoms with Gasteiger partial charge in [-0.25, -0.2) is 17.5 Å². The number of halogens is 1. The molecule has 21 heavy (non-hydrogen) atoms. The van der Waals surface area contributed by atoms with Crippen molar-refractivity contribution in [1.29, 1.82) is 0 Å². The van der Waals surface area contributed by atoms with E-state index in [0.29, 0.717) is 23.9 Å². The van der Waals surface area contributed by atoms with Crippen LogP contribution in [0.25, 0.3) is 0 Å². The van der Waals surface area contributed by atoms with Gasteiger partial charge in [0.25, 0.3) is 0 Å². The van der Waals surface area contributed by atoms with E-state index in [1.54, 1.807) is 6.92 Å². The SMILES string of the molecule is Cc1cc(F)c(N)cc1S(=O)(=O)NCC1CCCCC1C. The van der Waals surface area contributed by atoms with E-state index in [1.807, 2.05) is 0 Å². The largest absolute Gasteiger partial charge is 0.396 e. The molecular formula is C15H23FN2O2S. The van der Waals surface area contributed by atoms with Crippen LogP contribution in [-0.2, 0) is 10.0 Å². The molecule has 0 saturated heterocycles. The molecule has 0 spiro atoms. The van der Waals surface area contributed by atoms with Crippen molar-refractivity contribution >= 4 is 15.7 Å². The molecule has 0 radical (unpaired) electrons. The van der Waals surface area contributed by atoms with Gasteiger partial charge in [0.05, 0.1) is 10.6 Å². The molecular weight excluding hydrogens is 291 g/mol. The Morgan fingerprint density at radius 2 is 2.00 bits per heavy atom. The molecule has 1 aromatic carbocycles. The van der Waals surface area contributed by atoms with Crippen LogP contribution < -0.4 is 10.5 Å². The first-order valence-corrected chi connectivity index (χ1v) is 8.85. The summed E-state index contributed by atoms with van der Waals surface area (Å²) in [6.45, 7) is 4.17. The second kappa shape index (κ2) is 6.32. The second-order valence-electron chi connectivity index (χ2n) is 6.01. The third-order valence-corrected chi connectivity index (χ3v) is 5.97. The van der Waals surface area contributed by atoms with Crippen molar-refractivity contribution in [2.24, 2.45) is 11.8 Å². The number of rotatable bonds is 4. The Morgan fingerprint density at radius 3 is 2.67 bits per heavy atom. The minimum Gasteiger partial charge on any atom is -0.396 e. The molecule has 1 aliphatic rings. The zero-order valence-corrected chi connectivity index (χ0v) is 13.3. The molecule has 4 nitrogen and oxygen atoms in total. The molecule has 2 rings (SSSR count). The van der Waals surface area contributed by atoms with Crippen LogP contribution in [-0.4, -0.2) is 15.0 Å². The van der Waals surface area contributed by atoms with E-state index in [2.05, 4.69) is 11.6 Å². The van der Waals surface area contributed by atoms with Crippen LogP contribution in [0, 0.1) is 24.6 Å². The number of hydrogen-bond donors (Lipinski definition) is 2. The van der Waals surface area contributed by atoms with Crippen LogP contribution in [0.5, 0.6) is 0 Å². The molecule has 0 aromatic heterocycles. The zero-order chi connectivity index (χ0) is 15.6. The van der Waals surface area contributed by atoms with Crippen LogP contribution in [0.4, 0.5) is 10.1 Å². The number of anilines is 1. The molecule has 1 saturated carbocycles. The average Bonchev–Trinajstić information content (AvgIpc) is 2.42. The fourth-order valence-electron chi connectivity index (χ4n) is 2.95. The summed E-state index contributed by atoms with van der Waals surface area (Å²) < 4.78 is 40.7. The number of nitrogen functional groups attached to an aromatic ring is 1. The molecule has 0 amide bonds. The van der Waals surface area contributed by atoms with Gasteiger partial charge in [-0.1, -0.05) is 26.2 Å². The van der Waals surface area contributed by atoms with Crippen molar-refractivity contribution in [3.05, 3.63) is 23.5 Å². The van der Waals surface area contributed by atoms with E-state index in [4.69, 9.17) is 5.73 Å². The lowest BCUT2D eigenvalue weighted by molar-refractivity contribution is 0.257. The lowest BCUT2D eigenvalue weighted by Gasteiger charge is -2.28. The minimum atomic E-state index is -3.65. The molecule has 2 atom stereocenters. The van der Waals surface area contributed by atoms with E-state index in [0.717, 1.165) is 25.3 Å². The molecule has 0 heterocycles. The van der Waals surface area contributed by atoms with E-state index < -0.39 is 15.8 Å². The maximum Gasteiger partial charge on any atom is 0.240 e. The Morgan fingerprint density at radius 1 is 1.33 bits per heavy atom. The normalized spacial score (nSPS) is 23.2. The van der Waals surface area contributed by atoms with E-state index in [9.17, 15) is 12.8 Å². The average molecular weight is 314 g/mol. The summed E-state index contributed by atoms with van der Waals surface area (Å²) in [4.78, 5) is 0.0601. The van der Waals surface area contributed by atoms with Gasteiger partial charge >= 0.3 is 0 Å². The molecule has 0 aliphatic heterocycles. The number of hydrogen-bond acceptors (Lipinski definition) is 3. The molecule has 118 valence electrons. The highest BCUT2D eigenvalue weighted by molar-refractivity contribution is 7.89. The fourth-order valence-corrected chi connectivity index (χ4v) is 4.30. The van der Waals surface area contributed by atoms with Crippen molar-refractivity contribution in [2.45, 2.75) is 44.4 Å². The van der Waals surface area contributed by atoms with Crippen LogP contribution in [0.1, 0.15) is 38.2 Å². The zero-order valence-electron chi connectivity index (χ0n) is 12.5.